The summed E-state index contributed by atoms with van der Waals surface area (Å²) in [5.41, 5.74) is 0. The molecule has 0 aromatic heterocycles. The number of hydrogen-bond acceptors (Lipinski definition) is 2. The molecule has 0 saturated heterocycles. The van der Waals surface area contributed by atoms with E-state index in [1.165, 1.54) is 51.7 Å². The molecule has 2 aliphatic carbocycles. The second kappa shape index (κ2) is 5.31. The molecule has 1 unspecified atom stereocenters. The smallest absolute Gasteiger partial charge is 0.0220 e. The molecule has 0 aromatic rings. The summed E-state index contributed by atoms with van der Waals surface area (Å²) in [6, 6.07) is 0.760. The molecular formula is C13H26N2. The number of likely N-dealkylation sites (N-methyl/N-ethyl adjacent to an activating group) is 1. The van der Waals surface area contributed by atoms with Crippen molar-refractivity contribution in [1.29, 1.82) is 0 Å². The van der Waals surface area contributed by atoms with Gasteiger partial charge >= 0.3 is 0 Å². The first-order chi connectivity index (χ1) is 7.33. The van der Waals surface area contributed by atoms with Crippen LogP contribution in [-0.2, 0) is 0 Å². The van der Waals surface area contributed by atoms with Crippen molar-refractivity contribution >= 4 is 0 Å². The van der Waals surface area contributed by atoms with Gasteiger partial charge in [0, 0.05) is 19.1 Å². The summed E-state index contributed by atoms with van der Waals surface area (Å²) in [7, 11) is 2.13. The molecule has 0 bridgehead atoms. The number of nitrogens with one attached hydrogen (secondary N) is 1. The van der Waals surface area contributed by atoms with Gasteiger partial charge in [0.15, 0.2) is 0 Å². The Morgan fingerprint density at radius 2 is 2.00 bits per heavy atom. The van der Waals surface area contributed by atoms with E-state index in [-0.39, 0.29) is 0 Å². The van der Waals surface area contributed by atoms with Crippen LogP contribution in [0.3, 0.4) is 0 Å². The first kappa shape index (κ1) is 11.4. The van der Waals surface area contributed by atoms with Gasteiger partial charge in [0.05, 0.1) is 0 Å². The van der Waals surface area contributed by atoms with E-state index < -0.39 is 0 Å². The van der Waals surface area contributed by atoms with Crippen LogP contribution in [0.1, 0.15) is 39.0 Å². The molecule has 0 spiro atoms. The first-order valence-corrected chi connectivity index (χ1v) is 6.73. The highest BCUT2D eigenvalue weighted by Crippen LogP contribution is 2.34. The Labute approximate surface area is 94.4 Å². The Morgan fingerprint density at radius 1 is 1.27 bits per heavy atom. The molecule has 2 heteroatoms. The van der Waals surface area contributed by atoms with E-state index in [4.69, 9.17) is 0 Å². The summed E-state index contributed by atoms with van der Waals surface area (Å²) in [5, 5.41) is 3.50. The summed E-state index contributed by atoms with van der Waals surface area (Å²) in [5.74, 6) is 2.02. The quantitative estimate of drug-likeness (QED) is 0.660. The van der Waals surface area contributed by atoms with E-state index in [9.17, 15) is 0 Å². The molecule has 0 heterocycles. The van der Waals surface area contributed by atoms with E-state index in [0.717, 1.165) is 17.9 Å². The highest BCUT2D eigenvalue weighted by Gasteiger charge is 2.32. The van der Waals surface area contributed by atoms with Gasteiger partial charge in [-0.05, 0) is 57.5 Å². The SMILES string of the molecule is CCCN(CC1CC1)CC(NC)C1CC1. The Bertz CT molecular complexity index is 185. The summed E-state index contributed by atoms with van der Waals surface area (Å²) >= 11 is 0. The monoisotopic (exact) mass is 210 g/mol. The summed E-state index contributed by atoms with van der Waals surface area (Å²) in [4.78, 5) is 2.69. The van der Waals surface area contributed by atoms with Crippen molar-refractivity contribution in [3.05, 3.63) is 0 Å². The zero-order chi connectivity index (χ0) is 10.7. The minimum Gasteiger partial charge on any atom is -0.315 e. The van der Waals surface area contributed by atoms with Gasteiger partial charge in [-0.3, -0.25) is 0 Å². The van der Waals surface area contributed by atoms with Crippen LogP contribution in [0, 0.1) is 11.8 Å². The minimum absolute atomic E-state index is 0.760. The number of rotatable bonds is 8. The molecule has 2 saturated carbocycles. The van der Waals surface area contributed by atoms with Crippen molar-refractivity contribution in [3.8, 4) is 0 Å². The van der Waals surface area contributed by atoms with E-state index in [1.807, 2.05) is 0 Å². The van der Waals surface area contributed by atoms with Crippen molar-refractivity contribution in [1.82, 2.24) is 10.2 Å². The predicted octanol–water partition coefficient (Wildman–Crippen LogP) is 2.11. The third kappa shape index (κ3) is 3.76. The molecule has 2 nitrogen and oxygen atoms in total. The van der Waals surface area contributed by atoms with Crippen LogP contribution in [-0.4, -0.2) is 37.6 Å². The largest absolute Gasteiger partial charge is 0.315 e. The Balaban J connectivity index is 1.74. The van der Waals surface area contributed by atoms with Gasteiger partial charge in [0.1, 0.15) is 0 Å². The molecule has 0 aliphatic heterocycles. The Kier molecular flexibility index (Phi) is 4.04. The summed E-state index contributed by atoms with van der Waals surface area (Å²) in [6.07, 6.45) is 7.17. The zero-order valence-corrected chi connectivity index (χ0v) is 10.3. The summed E-state index contributed by atoms with van der Waals surface area (Å²) in [6.45, 7) is 6.23. The lowest BCUT2D eigenvalue weighted by Gasteiger charge is -2.27. The second-order valence-corrected chi connectivity index (χ2v) is 5.44. The Hall–Kier alpha value is -0.0800. The minimum atomic E-state index is 0.760. The lowest BCUT2D eigenvalue weighted by molar-refractivity contribution is 0.227. The average Bonchev–Trinajstić information content (AvgIpc) is 3.06. The fourth-order valence-corrected chi connectivity index (χ4v) is 2.49. The van der Waals surface area contributed by atoms with Crippen LogP contribution >= 0.6 is 0 Å². The summed E-state index contributed by atoms with van der Waals surface area (Å²) < 4.78 is 0. The van der Waals surface area contributed by atoms with E-state index in [0.29, 0.717) is 0 Å². The molecule has 1 N–H and O–H groups in total. The van der Waals surface area contributed by atoms with Gasteiger partial charge < -0.3 is 10.2 Å². The molecular weight excluding hydrogens is 184 g/mol. The standard InChI is InChI=1S/C13H26N2/c1-3-8-15(9-11-4-5-11)10-13(14-2)12-6-7-12/h11-14H,3-10H2,1-2H3. The average molecular weight is 210 g/mol. The first-order valence-electron chi connectivity index (χ1n) is 6.73. The molecule has 2 aliphatic rings. The third-order valence-corrected chi connectivity index (χ3v) is 3.77. The van der Waals surface area contributed by atoms with Gasteiger partial charge in [-0.25, -0.2) is 0 Å². The van der Waals surface area contributed by atoms with Gasteiger partial charge in [-0.2, -0.15) is 0 Å². The van der Waals surface area contributed by atoms with Crippen molar-refractivity contribution in [2.75, 3.05) is 26.7 Å². The van der Waals surface area contributed by atoms with Crippen molar-refractivity contribution < 1.29 is 0 Å². The molecule has 88 valence electrons. The third-order valence-electron chi connectivity index (χ3n) is 3.77. The van der Waals surface area contributed by atoms with E-state index in [2.05, 4.69) is 24.2 Å². The van der Waals surface area contributed by atoms with Crippen LogP contribution in [0.25, 0.3) is 0 Å². The van der Waals surface area contributed by atoms with Crippen LogP contribution in [0.5, 0.6) is 0 Å². The second-order valence-electron chi connectivity index (χ2n) is 5.44. The van der Waals surface area contributed by atoms with Gasteiger partial charge in [-0.15, -0.1) is 0 Å². The highest BCUT2D eigenvalue weighted by molar-refractivity contribution is 4.88. The zero-order valence-electron chi connectivity index (χ0n) is 10.3. The molecule has 0 amide bonds. The maximum absolute atomic E-state index is 3.50. The van der Waals surface area contributed by atoms with E-state index >= 15 is 0 Å². The fraction of sp³-hybridized carbons (Fsp3) is 1.00. The van der Waals surface area contributed by atoms with Gasteiger partial charge in [0.25, 0.3) is 0 Å². The fourth-order valence-electron chi connectivity index (χ4n) is 2.49. The lowest BCUT2D eigenvalue weighted by atomic mass is 10.1. The van der Waals surface area contributed by atoms with Crippen LogP contribution in [0.15, 0.2) is 0 Å². The van der Waals surface area contributed by atoms with Crippen LogP contribution < -0.4 is 5.32 Å². The number of hydrogen-bond donors (Lipinski definition) is 1. The van der Waals surface area contributed by atoms with Crippen molar-refractivity contribution in [2.45, 2.75) is 45.1 Å². The molecule has 1 atom stereocenters. The van der Waals surface area contributed by atoms with Gasteiger partial charge in [-0.1, -0.05) is 6.92 Å². The Morgan fingerprint density at radius 3 is 2.47 bits per heavy atom. The van der Waals surface area contributed by atoms with Crippen molar-refractivity contribution in [3.63, 3.8) is 0 Å². The normalized spacial score (nSPS) is 23.4. The number of nitrogens with zero attached hydrogens (tertiary/aromatic N) is 1. The highest BCUT2D eigenvalue weighted by atomic mass is 15.2. The molecule has 0 radical (unpaired) electrons. The predicted molar refractivity (Wildman–Crippen MR) is 65.0 cm³/mol. The van der Waals surface area contributed by atoms with Gasteiger partial charge in [0.2, 0.25) is 0 Å². The maximum atomic E-state index is 3.50. The van der Waals surface area contributed by atoms with E-state index in [1.54, 1.807) is 0 Å². The topological polar surface area (TPSA) is 15.3 Å². The lowest BCUT2D eigenvalue weighted by Crippen LogP contribution is -2.42. The molecule has 15 heavy (non-hydrogen) atoms. The van der Waals surface area contributed by atoms with Crippen molar-refractivity contribution in [2.24, 2.45) is 11.8 Å². The molecule has 2 fully saturated rings. The maximum Gasteiger partial charge on any atom is 0.0220 e. The molecule has 0 aromatic carbocycles. The molecule has 2 rings (SSSR count). The van der Waals surface area contributed by atoms with Crippen LogP contribution in [0.2, 0.25) is 0 Å². The van der Waals surface area contributed by atoms with Crippen LogP contribution in [0.4, 0.5) is 0 Å².